The Kier molecular flexibility index (Phi) is 8.15. The molecule has 2 unspecified atom stereocenters. The third-order valence-corrected chi connectivity index (χ3v) is 2.80. The summed E-state index contributed by atoms with van der Waals surface area (Å²) in [6.07, 6.45) is 1.27. The molecule has 0 fully saturated rings. The van der Waals surface area contributed by atoms with Crippen molar-refractivity contribution in [2.45, 2.75) is 38.8 Å². The van der Waals surface area contributed by atoms with Crippen LogP contribution in [0.2, 0.25) is 0 Å². The van der Waals surface area contributed by atoms with Gasteiger partial charge in [-0.2, -0.15) is 0 Å². The van der Waals surface area contributed by atoms with Gasteiger partial charge < -0.3 is 14.9 Å². The molecule has 0 heterocycles. The molecule has 0 amide bonds. The van der Waals surface area contributed by atoms with Gasteiger partial charge in [0.15, 0.2) is 0 Å². The lowest BCUT2D eigenvalue weighted by Crippen LogP contribution is -2.45. The molecule has 0 aliphatic rings. The number of rotatable bonds is 9. The predicted molar refractivity (Wildman–Crippen MR) is 61.4 cm³/mol. The van der Waals surface area contributed by atoms with Gasteiger partial charge in [0.1, 0.15) is 6.04 Å². The van der Waals surface area contributed by atoms with Gasteiger partial charge in [-0.3, -0.25) is 10.1 Å². The SMILES string of the molecule is CCC(CC)C(O)CNC(COC)C(=O)O. The molecule has 0 rings (SSSR count). The molecular weight excluding hydrogens is 210 g/mol. The number of methoxy groups -OCH3 is 1. The van der Waals surface area contributed by atoms with Gasteiger partial charge in [0.2, 0.25) is 0 Å². The van der Waals surface area contributed by atoms with Gasteiger partial charge in [-0.15, -0.1) is 0 Å². The molecule has 0 spiro atoms. The summed E-state index contributed by atoms with van der Waals surface area (Å²) in [5, 5.41) is 21.5. The Hall–Kier alpha value is -0.650. The average molecular weight is 233 g/mol. The summed E-state index contributed by atoms with van der Waals surface area (Å²) < 4.78 is 4.79. The van der Waals surface area contributed by atoms with Crippen LogP contribution in [-0.2, 0) is 9.53 Å². The van der Waals surface area contributed by atoms with Crippen molar-refractivity contribution < 1.29 is 19.7 Å². The zero-order chi connectivity index (χ0) is 12.6. The smallest absolute Gasteiger partial charge is 0.323 e. The molecule has 5 nitrogen and oxygen atoms in total. The third kappa shape index (κ3) is 5.44. The number of aliphatic hydroxyl groups is 1. The Morgan fingerprint density at radius 3 is 2.31 bits per heavy atom. The second-order valence-corrected chi connectivity index (χ2v) is 3.90. The van der Waals surface area contributed by atoms with Gasteiger partial charge in [0, 0.05) is 13.7 Å². The van der Waals surface area contributed by atoms with E-state index in [9.17, 15) is 9.90 Å². The number of ether oxygens (including phenoxy) is 1. The van der Waals surface area contributed by atoms with Crippen LogP contribution in [0.25, 0.3) is 0 Å². The summed E-state index contributed by atoms with van der Waals surface area (Å²) in [4.78, 5) is 10.8. The van der Waals surface area contributed by atoms with E-state index in [1.807, 2.05) is 13.8 Å². The fourth-order valence-electron chi connectivity index (χ4n) is 1.65. The Bertz CT molecular complexity index is 194. The van der Waals surface area contributed by atoms with Crippen molar-refractivity contribution in [1.82, 2.24) is 5.32 Å². The molecule has 0 saturated carbocycles. The van der Waals surface area contributed by atoms with Gasteiger partial charge in [-0.1, -0.05) is 26.7 Å². The lowest BCUT2D eigenvalue weighted by Gasteiger charge is -2.22. The minimum absolute atomic E-state index is 0.102. The van der Waals surface area contributed by atoms with E-state index in [1.165, 1.54) is 7.11 Å². The highest BCUT2D eigenvalue weighted by atomic mass is 16.5. The highest BCUT2D eigenvalue weighted by Crippen LogP contribution is 2.12. The summed E-state index contributed by atoms with van der Waals surface area (Å²) in [5.41, 5.74) is 0. The number of hydrogen-bond acceptors (Lipinski definition) is 4. The predicted octanol–water partition coefficient (Wildman–Crippen LogP) is 0.473. The first-order chi connectivity index (χ1) is 7.56. The minimum Gasteiger partial charge on any atom is -0.480 e. The van der Waals surface area contributed by atoms with E-state index < -0.39 is 18.1 Å². The van der Waals surface area contributed by atoms with Crippen molar-refractivity contribution in [2.75, 3.05) is 20.3 Å². The Morgan fingerprint density at radius 1 is 1.38 bits per heavy atom. The summed E-state index contributed by atoms with van der Waals surface area (Å²) in [7, 11) is 1.45. The zero-order valence-electron chi connectivity index (χ0n) is 10.3. The topological polar surface area (TPSA) is 78.8 Å². The first kappa shape index (κ1) is 15.3. The Balaban J connectivity index is 4.03. The van der Waals surface area contributed by atoms with E-state index in [2.05, 4.69) is 5.32 Å². The first-order valence-electron chi connectivity index (χ1n) is 5.69. The molecule has 2 atom stereocenters. The number of nitrogens with one attached hydrogen (secondary N) is 1. The van der Waals surface area contributed by atoms with E-state index in [-0.39, 0.29) is 19.1 Å². The van der Waals surface area contributed by atoms with E-state index in [0.717, 1.165) is 12.8 Å². The van der Waals surface area contributed by atoms with Crippen molar-refractivity contribution in [3.8, 4) is 0 Å². The summed E-state index contributed by atoms with van der Waals surface area (Å²) in [6.45, 7) is 4.42. The van der Waals surface area contributed by atoms with Crippen molar-refractivity contribution in [1.29, 1.82) is 0 Å². The van der Waals surface area contributed by atoms with Gasteiger partial charge in [-0.05, 0) is 5.92 Å². The molecule has 5 heteroatoms. The molecule has 96 valence electrons. The molecule has 0 aliphatic heterocycles. The maximum Gasteiger partial charge on any atom is 0.323 e. The maximum absolute atomic E-state index is 10.8. The van der Waals surface area contributed by atoms with Crippen LogP contribution in [-0.4, -0.2) is 48.6 Å². The van der Waals surface area contributed by atoms with Crippen LogP contribution in [0.15, 0.2) is 0 Å². The van der Waals surface area contributed by atoms with Crippen LogP contribution in [0, 0.1) is 5.92 Å². The Morgan fingerprint density at radius 2 is 1.94 bits per heavy atom. The fraction of sp³-hybridized carbons (Fsp3) is 0.909. The highest BCUT2D eigenvalue weighted by molar-refractivity contribution is 5.73. The van der Waals surface area contributed by atoms with Crippen molar-refractivity contribution in [3.63, 3.8) is 0 Å². The third-order valence-electron chi connectivity index (χ3n) is 2.80. The number of aliphatic hydroxyl groups excluding tert-OH is 1. The quantitative estimate of drug-likeness (QED) is 0.539. The Labute approximate surface area is 96.8 Å². The monoisotopic (exact) mass is 233 g/mol. The minimum atomic E-state index is -0.960. The van der Waals surface area contributed by atoms with Crippen LogP contribution >= 0.6 is 0 Å². The van der Waals surface area contributed by atoms with Crippen molar-refractivity contribution in [3.05, 3.63) is 0 Å². The molecule has 0 aromatic rings. The van der Waals surface area contributed by atoms with Gasteiger partial charge in [0.25, 0.3) is 0 Å². The second kappa shape index (κ2) is 8.50. The molecule has 0 radical (unpaired) electrons. The van der Waals surface area contributed by atoms with Crippen LogP contribution in [0.1, 0.15) is 26.7 Å². The molecule has 0 aromatic heterocycles. The summed E-state index contributed by atoms with van der Waals surface area (Å²) in [6, 6.07) is -0.756. The fourth-order valence-corrected chi connectivity index (χ4v) is 1.65. The average Bonchev–Trinajstić information content (AvgIpc) is 2.25. The second-order valence-electron chi connectivity index (χ2n) is 3.90. The number of carbonyl (C=O) groups is 1. The van der Waals surface area contributed by atoms with Crippen LogP contribution in [0.3, 0.4) is 0 Å². The summed E-state index contributed by atoms with van der Waals surface area (Å²) >= 11 is 0. The standard InChI is InChI=1S/C11H23NO4/c1-4-8(5-2)10(13)6-12-9(7-16-3)11(14)15/h8-10,12-13H,4-7H2,1-3H3,(H,14,15). The molecule has 0 bridgehead atoms. The lowest BCUT2D eigenvalue weighted by atomic mass is 9.96. The van der Waals surface area contributed by atoms with E-state index >= 15 is 0 Å². The van der Waals surface area contributed by atoms with Crippen LogP contribution in [0.4, 0.5) is 0 Å². The van der Waals surface area contributed by atoms with E-state index in [1.54, 1.807) is 0 Å². The first-order valence-corrected chi connectivity index (χ1v) is 5.69. The molecule has 3 N–H and O–H groups in total. The van der Waals surface area contributed by atoms with Gasteiger partial charge >= 0.3 is 5.97 Å². The molecule has 0 aliphatic carbocycles. The van der Waals surface area contributed by atoms with Gasteiger partial charge in [0.05, 0.1) is 12.7 Å². The summed E-state index contributed by atoms with van der Waals surface area (Å²) in [5.74, 6) is -0.747. The zero-order valence-corrected chi connectivity index (χ0v) is 10.3. The van der Waals surface area contributed by atoms with Crippen LogP contribution in [0.5, 0.6) is 0 Å². The van der Waals surface area contributed by atoms with E-state index in [0.29, 0.717) is 0 Å². The number of carboxylic acids is 1. The molecule has 0 saturated heterocycles. The van der Waals surface area contributed by atoms with Crippen molar-refractivity contribution >= 4 is 5.97 Å². The van der Waals surface area contributed by atoms with Crippen LogP contribution < -0.4 is 5.32 Å². The van der Waals surface area contributed by atoms with Gasteiger partial charge in [-0.25, -0.2) is 0 Å². The van der Waals surface area contributed by atoms with E-state index in [4.69, 9.17) is 9.84 Å². The lowest BCUT2D eigenvalue weighted by molar-refractivity contribution is -0.141. The number of aliphatic carboxylic acids is 1. The molecular formula is C11H23NO4. The number of hydrogen-bond donors (Lipinski definition) is 3. The largest absolute Gasteiger partial charge is 0.480 e. The molecule has 16 heavy (non-hydrogen) atoms. The maximum atomic E-state index is 10.8. The number of carboxylic acid groups (broad SMARTS) is 1. The van der Waals surface area contributed by atoms with Crippen molar-refractivity contribution in [2.24, 2.45) is 5.92 Å². The normalized spacial score (nSPS) is 15.1. The highest BCUT2D eigenvalue weighted by Gasteiger charge is 2.20. The molecule has 0 aromatic carbocycles.